The maximum absolute atomic E-state index is 6.25. The van der Waals surface area contributed by atoms with Gasteiger partial charge in [-0.2, -0.15) is 0 Å². The summed E-state index contributed by atoms with van der Waals surface area (Å²) in [5.74, 6) is 0.436. The minimum Gasteiger partial charge on any atom is -0.512 e. The Labute approximate surface area is 78.6 Å². The van der Waals surface area contributed by atoms with Gasteiger partial charge < -0.3 is 11.8 Å². The lowest BCUT2D eigenvalue weighted by molar-refractivity contribution is 1.12. The summed E-state index contributed by atoms with van der Waals surface area (Å²) in [5, 5.41) is 6.25. The van der Waals surface area contributed by atoms with E-state index in [0.29, 0.717) is 5.92 Å². The van der Waals surface area contributed by atoms with Crippen LogP contribution in [0.3, 0.4) is 0 Å². The molecular weight excluding hydrogens is 158 g/mol. The van der Waals surface area contributed by atoms with Crippen molar-refractivity contribution in [2.24, 2.45) is 0 Å². The van der Waals surface area contributed by atoms with Crippen molar-refractivity contribution in [1.82, 2.24) is 0 Å². The molecule has 1 aromatic carbocycles. The van der Waals surface area contributed by atoms with Crippen LogP contribution < -0.4 is 0 Å². The van der Waals surface area contributed by atoms with Crippen LogP contribution in [0.4, 0.5) is 0 Å². The van der Waals surface area contributed by atoms with Gasteiger partial charge in [0.15, 0.2) is 0 Å². The van der Waals surface area contributed by atoms with Gasteiger partial charge in [0.25, 0.3) is 0 Å². The monoisotopic (exact) mass is 168 g/mol. The molecule has 0 radical (unpaired) electrons. The largest absolute Gasteiger partial charge is 0.512 e. The van der Waals surface area contributed by atoms with Crippen molar-refractivity contribution < 1.29 is 0 Å². The highest BCUT2D eigenvalue weighted by molar-refractivity contribution is 5.63. The summed E-state index contributed by atoms with van der Waals surface area (Å²) in [5.41, 5.74) is 2.71. The molecule has 0 aliphatic heterocycles. The molecule has 1 nitrogen and oxygen atoms in total. The number of rotatable bonds is 1. The van der Waals surface area contributed by atoms with Crippen LogP contribution in [-0.2, 0) is 0 Å². The van der Waals surface area contributed by atoms with Crippen molar-refractivity contribution in [1.29, 1.82) is 5.26 Å². The van der Waals surface area contributed by atoms with E-state index < -0.39 is 0 Å². The Hall–Kier alpha value is -1.81. The van der Waals surface area contributed by atoms with Gasteiger partial charge in [-0.25, -0.2) is 0 Å². The van der Waals surface area contributed by atoms with Crippen molar-refractivity contribution in [2.45, 2.75) is 5.92 Å². The standard InChI is InChI=1S/C11H10.CN/c1-2-9-7-8-10-5-3-4-6-11(9)10;1-2/h2-9H,1H2;/q;-1. The summed E-state index contributed by atoms with van der Waals surface area (Å²) in [4.78, 5) is 0. The third kappa shape index (κ3) is 1.68. The Kier molecular flexibility index (Phi) is 3.05. The quantitative estimate of drug-likeness (QED) is 0.467. The topological polar surface area (TPSA) is 23.8 Å². The highest BCUT2D eigenvalue weighted by Crippen LogP contribution is 2.29. The van der Waals surface area contributed by atoms with Crippen LogP contribution in [0, 0.1) is 11.8 Å². The van der Waals surface area contributed by atoms with E-state index in [9.17, 15) is 0 Å². The summed E-state index contributed by atoms with van der Waals surface area (Å²) in [6, 6.07) is 8.42. The Bertz CT molecular complexity index is 347. The van der Waals surface area contributed by atoms with E-state index in [4.69, 9.17) is 11.8 Å². The third-order valence-corrected chi connectivity index (χ3v) is 2.09. The summed E-state index contributed by atoms with van der Waals surface area (Å²) < 4.78 is 0. The molecular formula is C12H10N-. The molecule has 0 saturated carbocycles. The van der Waals surface area contributed by atoms with Crippen molar-refractivity contribution in [3.8, 4) is 0 Å². The fraction of sp³-hybridized carbons (Fsp3) is 0.0833. The fourth-order valence-corrected chi connectivity index (χ4v) is 1.48. The molecule has 1 heteroatoms. The van der Waals surface area contributed by atoms with E-state index in [2.05, 4.69) is 43.0 Å². The van der Waals surface area contributed by atoms with Gasteiger partial charge in [-0.3, -0.25) is 0 Å². The van der Waals surface area contributed by atoms with Crippen molar-refractivity contribution in [2.75, 3.05) is 0 Å². The molecule has 0 saturated heterocycles. The highest BCUT2D eigenvalue weighted by Gasteiger charge is 2.11. The number of benzene rings is 1. The normalized spacial score (nSPS) is 16.9. The van der Waals surface area contributed by atoms with Crippen LogP contribution in [0.15, 0.2) is 43.0 Å². The molecule has 0 amide bonds. The third-order valence-electron chi connectivity index (χ3n) is 2.09. The van der Waals surface area contributed by atoms with E-state index >= 15 is 0 Å². The van der Waals surface area contributed by atoms with Crippen LogP contribution >= 0.6 is 0 Å². The van der Waals surface area contributed by atoms with Crippen LogP contribution in [-0.4, -0.2) is 0 Å². The van der Waals surface area contributed by atoms with Gasteiger partial charge in [0, 0.05) is 5.92 Å². The van der Waals surface area contributed by atoms with E-state index in [0.717, 1.165) is 0 Å². The number of hydrogen-bond donors (Lipinski definition) is 0. The maximum Gasteiger partial charge on any atom is 0.0205 e. The van der Waals surface area contributed by atoms with Gasteiger partial charge in [-0.05, 0) is 11.1 Å². The first-order valence-electron chi connectivity index (χ1n) is 4.04. The number of allylic oxidation sites excluding steroid dienone is 2. The van der Waals surface area contributed by atoms with Crippen LogP contribution in [0.5, 0.6) is 0 Å². The first-order chi connectivity index (χ1) is 6.42. The van der Waals surface area contributed by atoms with Gasteiger partial charge in [-0.15, -0.1) is 6.58 Å². The minimum absolute atomic E-state index is 0.436. The lowest BCUT2D eigenvalue weighted by Crippen LogP contribution is -1.86. The second kappa shape index (κ2) is 4.27. The van der Waals surface area contributed by atoms with Crippen LogP contribution in [0.1, 0.15) is 17.0 Å². The summed E-state index contributed by atoms with van der Waals surface area (Å²) in [7, 11) is 0. The van der Waals surface area contributed by atoms with Crippen LogP contribution in [0.25, 0.3) is 6.08 Å². The Morgan fingerprint density at radius 1 is 1.31 bits per heavy atom. The van der Waals surface area contributed by atoms with E-state index in [1.165, 1.54) is 11.1 Å². The molecule has 1 atom stereocenters. The smallest absolute Gasteiger partial charge is 0.0205 e. The fourth-order valence-electron chi connectivity index (χ4n) is 1.48. The molecule has 64 valence electrons. The lowest BCUT2D eigenvalue weighted by atomic mass is 10.0. The Balaban J connectivity index is 0.000000396. The van der Waals surface area contributed by atoms with Crippen molar-refractivity contribution in [3.63, 3.8) is 0 Å². The highest BCUT2D eigenvalue weighted by atomic mass is 14.2. The minimum atomic E-state index is 0.436. The number of fused-ring (bicyclic) bond motifs is 1. The maximum atomic E-state index is 6.25. The molecule has 13 heavy (non-hydrogen) atoms. The molecule has 2 rings (SSSR count). The van der Waals surface area contributed by atoms with E-state index in [-0.39, 0.29) is 0 Å². The van der Waals surface area contributed by atoms with Gasteiger partial charge in [0.05, 0.1) is 0 Å². The number of nitrogens with zero attached hydrogens (tertiary/aromatic N) is 1. The second-order valence-electron chi connectivity index (χ2n) is 2.75. The predicted molar refractivity (Wildman–Crippen MR) is 53.4 cm³/mol. The second-order valence-corrected chi connectivity index (χ2v) is 2.75. The average molecular weight is 168 g/mol. The molecule has 1 aliphatic rings. The van der Waals surface area contributed by atoms with Crippen molar-refractivity contribution in [3.05, 3.63) is 60.7 Å². The van der Waals surface area contributed by atoms with E-state index in [1.54, 1.807) is 0 Å². The summed E-state index contributed by atoms with van der Waals surface area (Å²) >= 11 is 0. The Morgan fingerprint density at radius 3 is 2.69 bits per heavy atom. The average Bonchev–Trinajstić information content (AvgIpc) is 2.64. The molecule has 0 heterocycles. The van der Waals surface area contributed by atoms with Gasteiger partial charge in [0.1, 0.15) is 0 Å². The zero-order chi connectivity index (χ0) is 9.68. The molecule has 1 aromatic rings. The summed E-state index contributed by atoms with van der Waals surface area (Å²) in [6.07, 6.45) is 6.31. The molecule has 1 unspecified atom stereocenters. The zero-order valence-corrected chi connectivity index (χ0v) is 7.27. The zero-order valence-electron chi connectivity index (χ0n) is 7.27. The molecule has 0 bridgehead atoms. The molecule has 0 fully saturated rings. The molecule has 0 aromatic heterocycles. The first kappa shape index (κ1) is 9.28. The SMILES string of the molecule is C=CC1C=Cc2ccccc21.[C-]#N. The van der Waals surface area contributed by atoms with Gasteiger partial charge in [0.2, 0.25) is 0 Å². The molecule has 1 aliphatic carbocycles. The molecule has 0 spiro atoms. The lowest BCUT2D eigenvalue weighted by Gasteiger charge is -2.03. The first-order valence-corrected chi connectivity index (χ1v) is 4.04. The van der Waals surface area contributed by atoms with Gasteiger partial charge >= 0.3 is 0 Å². The summed E-state index contributed by atoms with van der Waals surface area (Å²) in [6.45, 7) is 8.54. The van der Waals surface area contributed by atoms with Crippen molar-refractivity contribution >= 4 is 6.08 Å². The van der Waals surface area contributed by atoms with Gasteiger partial charge in [-0.1, -0.05) is 42.5 Å². The van der Waals surface area contributed by atoms with Crippen LogP contribution in [0.2, 0.25) is 0 Å². The molecule has 0 N–H and O–H groups in total. The Morgan fingerprint density at radius 2 is 2.00 bits per heavy atom. The predicted octanol–water partition coefficient (Wildman–Crippen LogP) is 3.08. The van der Waals surface area contributed by atoms with E-state index in [1.807, 2.05) is 6.08 Å². The number of hydrogen-bond acceptors (Lipinski definition) is 1.